The average Bonchev–Trinajstić information content (AvgIpc) is 3.10. The Morgan fingerprint density at radius 2 is 2.04 bits per heavy atom. The summed E-state index contributed by atoms with van der Waals surface area (Å²) >= 11 is 0. The lowest BCUT2D eigenvalue weighted by atomic mass is 9.86. The summed E-state index contributed by atoms with van der Waals surface area (Å²) in [6, 6.07) is 3.54. The molecule has 1 aromatic carbocycles. The average molecular weight is 387 g/mol. The number of aryl methyl sites for hydroxylation is 1. The monoisotopic (exact) mass is 386 g/mol. The van der Waals surface area contributed by atoms with Crippen LogP contribution in [0.2, 0.25) is 0 Å². The number of unbranched alkanes of at least 4 members (excludes halogenated alkanes) is 1. The van der Waals surface area contributed by atoms with E-state index in [1.165, 1.54) is 6.42 Å². The lowest BCUT2D eigenvalue weighted by molar-refractivity contribution is 0.0944. The van der Waals surface area contributed by atoms with Crippen molar-refractivity contribution in [2.75, 3.05) is 6.54 Å². The topological polar surface area (TPSA) is 104 Å². The highest BCUT2D eigenvalue weighted by Crippen LogP contribution is 2.27. The molecule has 0 bridgehead atoms. The number of phenols is 1. The molecule has 6 heteroatoms. The Hall–Kier alpha value is -2.08. The fraction of sp³-hybridized carbons (Fsp3) is 0.636. The van der Waals surface area contributed by atoms with E-state index in [1.807, 2.05) is 0 Å². The van der Waals surface area contributed by atoms with Crippen LogP contribution in [0.3, 0.4) is 0 Å². The lowest BCUT2D eigenvalue weighted by Gasteiger charge is -2.26. The van der Waals surface area contributed by atoms with Gasteiger partial charge in [-0.1, -0.05) is 26.7 Å². The lowest BCUT2D eigenvalue weighted by Crippen LogP contribution is -2.34. The zero-order chi connectivity index (χ0) is 20.1. The van der Waals surface area contributed by atoms with Crippen molar-refractivity contribution in [1.82, 2.24) is 15.3 Å². The molecule has 6 nitrogen and oxygen atoms in total. The van der Waals surface area contributed by atoms with E-state index < -0.39 is 0 Å². The maximum absolute atomic E-state index is 12.8. The van der Waals surface area contributed by atoms with E-state index in [1.54, 1.807) is 12.1 Å². The predicted octanol–water partition coefficient (Wildman–Crippen LogP) is 3.88. The molecule has 1 aliphatic rings. The van der Waals surface area contributed by atoms with Crippen molar-refractivity contribution in [2.45, 2.75) is 71.3 Å². The van der Waals surface area contributed by atoms with E-state index in [9.17, 15) is 9.90 Å². The number of aromatic amines is 1. The van der Waals surface area contributed by atoms with Gasteiger partial charge in [-0.25, -0.2) is 4.98 Å². The van der Waals surface area contributed by atoms with Crippen LogP contribution in [-0.2, 0) is 6.42 Å². The van der Waals surface area contributed by atoms with Gasteiger partial charge in [0.25, 0.3) is 5.91 Å². The second-order valence-electron chi connectivity index (χ2n) is 8.67. The standard InChI is InChI=1S/C22H34N4O2/c1-14(2)5-3-4-6-19-25-20-17(11-12-18(27)21(20)26-19)22(28)24-13-15-7-9-16(23)10-8-15/h11-12,14-16,27H,3-10,13,23H2,1-2H3,(H,24,28)(H,25,26)/t15-,16+. The molecule has 1 saturated carbocycles. The van der Waals surface area contributed by atoms with Crippen molar-refractivity contribution < 1.29 is 9.90 Å². The number of H-pyrrole nitrogens is 1. The van der Waals surface area contributed by atoms with Crippen LogP contribution in [0.4, 0.5) is 0 Å². The Bertz CT molecular complexity index is 791. The van der Waals surface area contributed by atoms with Crippen molar-refractivity contribution in [3.05, 3.63) is 23.5 Å². The molecule has 2 aromatic rings. The first-order valence-electron chi connectivity index (χ1n) is 10.7. The van der Waals surface area contributed by atoms with Gasteiger partial charge in [-0.05, 0) is 56.1 Å². The van der Waals surface area contributed by atoms with Gasteiger partial charge < -0.3 is 21.1 Å². The van der Waals surface area contributed by atoms with Gasteiger partial charge in [0.05, 0.1) is 5.56 Å². The molecule has 1 aromatic heterocycles. The first kappa shape index (κ1) is 20.6. The van der Waals surface area contributed by atoms with Crippen LogP contribution >= 0.6 is 0 Å². The molecule has 0 aliphatic heterocycles. The number of imidazole rings is 1. The molecule has 0 atom stereocenters. The predicted molar refractivity (Wildman–Crippen MR) is 112 cm³/mol. The van der Waals surface area contributed by atoms with Crippen LogP contribution in [0.5, 0.6) is 5.75 Å². The minimum Gasteiger partial charge on any atom is -0.506 e. The number of nitrogens with zero attached hydrogens (tertiary/aromatic N) is 1. The third kappa shape index (κ3) is 5.25. The number of amides is 1. The highest BCUT2D eigenvalue weighted by Gasteiger charge is 2.21. The number of carbonyl (C=O) groups is 1. The second-order valence-corrected chi connectivity index (χ2v) is 8.67. The molecule has 154 valence electrons. The normalized spacial score (nSPS) is 20.0. The fourth-order valence-electron chi connectivity index (χ4n) is 4.00. The first-order valence-corrected chi connectivity index (χ1v) is 10.7. The molecule has 28 heavy (non-hydrogen) atoms. The summed E-state index contributed by atoms with van der Waals surface area (Å²) in [6.45, 7) is 5.12. The Morgan fingerprint density at radius 1 is 1.29 bits per heavy atom. The van der Waals surface area contributed by atoms with Gasteiger partial charge in [-0.15, -0.1) is 0 Å². The minimum absolute atomic E-state index is 0.127. The van der Waals surface area contributed by atoms with Crippen molar-refractivity contribution >= 4 is 16.9 Å². The number of hydrogen-bond acceptors (Lipinski definition) is 4. The summed E-state index contributed by atoms with van der Waals surface area (Å²) in [5.74, 6) is 2.03. The van der Waals surface area contributed by atoms with Crippen LogP contribution in [0.25, 0.3) is 11.0 Å². The Balaban J connectivity index is 1.65. The number of rotatable bonds is 8. The van der Waals surface area contributed by atoms with Crippen LogP contribution in [0, 0.1) is 11.8 Å². The maximum Gasteiger partial charge on any atom is 0.253 e. The maximum atomic E-state index is 12.8. The van der Waals surface area contributed by atoms with Gasteiger partial charge in [-0.2, -0.15) is 0 Å². The number of carbonyl (C=O) groups excluding carboxylic acids is 1. The molecule has 5 N–H and O–H groups in total. The van der Waals surface area contributed by atoms with Gasteiger partial charge in [0.15, 0.2) is 0 Å². The minimum atomic E-state index is -0.127. The molecule has 3 rings (SSSR count). The van der Waals surface area contributed by atoms with Crippen LogP contribution in [0.15, 0.2) is 12.1 Å². The second kappa shape index (κ2) is 9.41. The zero-order valence-corrected chi connectivity index (χ0v) is 17.1. The van der Waals surface area contributed by atoms with E-state index in [0.717, 1.165) is 50.8 Å². The highest BCUT2D eigenvalue weighted by atomic mass is 16.3. The number of aromatic nitrogens is 2. The van der Waals surface area contributed by atoms with E-state index >= 15 is 0 Å². The van der Waals surface area contributed by atoms with E-state index in [2.05, 4.69) is 29.1 Å². The van der Waals surface area contributed by atoms with Crippen LogP contribution in [-0.4, -0.2) is 33.6 Å². The number of phenolic OH excluding ortho intramolecular Hbond substituents is 1. The van der Waals surface area contributed by atoms with Crippen molar-refractivity contribution in [2.24, 2.45) is 17.6 Å². The molecule has 1 fully saturated rings. The molecule has 0 spiro atoms. The van der Waals surface area contributed by atoms with Gasteiger partial charge in [-0.3, -0.25) is 4.79 Å². The number of benzene rings is 1. The van der Waals surface area contributed by atoms with Gasteiger partial charge in [0.1, 0.15) is 22.6 Å². The smallest absolute Gasteiger partial charge is 0.253 e. The van der Waals surface area contributed by atoms with E-state index in [-0.39, 0.29) is 11.7 Å². The third-order valence-corrected chi connectivity index (χ3v) is 5.80. The first-order chi connectivity index (χ1) is 13.4. The van der Waals surface area contributed by atoms with Crippen molar-refractivity contribution in [3.8, 4) is 5.75 Å². The number of aromatic hydroxyl groups is 1. The molecule has 0 unspecified atom stereocenters. The van der Waals surface area contributed by atoms with Gasteiger partial charge >= 0.3 is 0 Å². The number of fused-ring (bicyclic) bond motifs is 1. The molecule has 1 amide bonds. The Kier molecular flexibility index (Phi) is 6.94. The van der Waals surface area contributed by atoms with Gasteiger partial charge in [0, 0.05) is 19.0 Å². The summed E-state index contributed by atoms with van der Waals surface area (Å²) in [6.07, 6.45) is 8.41. The van der Waals surface area contributed by atoms with E-state index in [4.69, 9.17) is 5.73 Å². The highest BCUT2D eigenvalue weighted by molar-refractivity contribution is 6.06. The molecular weight excluding hydrogens is 352 g/mol. The van der Waals surface area contributed by atoms with Crippen molar-refractivity contribution in [1.29, 1.82) is 0 Å². The summed E-state index contributed by atoms with van der Waals surface area (Å²) in [5, 5.41) is 13.2. The Morgan fingerprint density at radius 3 is 2.75 bits per heavy atom. The SMILES string of the molecule is CC(C)CCCCc1nc2c(C(=O)NC[C@H]3CC[C@@H](N)CC3)ccc(O)c2[nH]1. The number of nitrogens with one attached hydrogen (secondary N) is 2. The van der Waals surface area contributed by atoms with Crippen molar-refractivity contribution in [3.63, 3.8) is 0 Å². The third-order valence-electron chi connectivity index (χ3n) is 5.80. The number of hydrogen-bond donors (Lipinski definition) is 4. The Labute approximate surface area is 167 Å². The molecular formula is C22H34N4O2. The molecule has 0 saturated heterocycles. The summed E-state index contributed by atoms with van der Waals surface area (Å²) in [4.78, 5) is 20.6. The molecule has 1 aliphatic carbocycles. The van der Waals surface area contributed by atoms with Crippen LogP contribution in [0.1, 0.15) is 75.0 Å². The molecule has 1 heterocycles. The largest absolute Gasteiger partial charge is 0.506 e. The molecule has 0 radical (unpaired) electrons. The van der Waals surface area contributed by atoms with Crippen LogP contribution < -0.4 is 11.1 Å². The summed E-state index contributed by atoms with van der Waals surface area (Å²) in [7, 11) is 0. The fourth-order valence-corrected chi connectivity index (χ4v) is 4.00. The summed E-state index contributed by atoms with van der Waals surface area (Å²) in [5.41, 5.74) is 7.59. The summed E-state index contributed by atoms with van der Waals surface area (Å²) < 4.78 is 0. The quantitative estimate of drug-likeness (QED) is 0.517. The zero-order valence-electron chi connectivity index (χ0n) is 17.1. The van der Waals surface area contributed by atoms with E-state index in [0.29, 0.717) is 41.0 Å². The number of nitrogens with two attached hydrogens (primary N) is 1. The van der Waals surface area contributed by atoms with Gasteiger partial charge in [0.2, 0.25) is 0 Å².